The molecule has 2 amide bonds. The average Bonchev–Trinajstić information content (AvgIpc) is 3.16. The third-order valence-corrected chi connectivity index (χ3v) is 4.00. The zero-order valence-corrected chi connectivity index (χ0v) is 11.9. The number of nitrogens with one attached hydrogen (secondary N) is 1. The maximum absolute atomic E-state index is 12.1. The molecule has 1 heterocycles. The Kier molecular flexibility index (Phi) is 4.39. The number of aliphatic carboxylic acids is 1. The first-order valence-corrected chi connectivity index (χ1v) is 7.24. The molecule has 1 aromatic heterocycles. The summed E-state index contributed by atoms with van der Waals surface area (Å²) in [6.07, 6.45) is 1.84. The van der Waals surface area contributed by atoms with Gasteiger partial charge in [-0.3, -0.25) is 14.4 Å². The Morgan fingerprint density at radius 3 is 2.65 bits per heavy atom. The number of anilines is 1. The molecule has 1 fully saturated rings. The largest absolute Gasteiger partial charge is 0.480 e. The first kappa shape index (κ1) is 14.5. The second kappa shape index (κ2) is 6.04. The number of likely N-dealkylation sites (N-methyl/N-ethyl adjacent to an activating group) is 1. The van der Waals surface area contributed by atoms with Crippen LogP contribution in [0.5, 0.6) is 0 Å². The lowest BCUT2D eigenvalue weighted by molar-refractivity contribution is -0.137. The molecule has 2 rings (SSSR count). The smallest absolute Gasteiger partial charge is 0.323 e. The Balaban J connectivity index is 2.00. The molecule has 1 saturated carbocycles. The highest BCUT2D eigenvalue weighted by atomic mass is 32.1. The molecule has 0 spiro atoms. The van der Waals surface area contributed by atoms with Crippen molar-refractivity contribution in [3.05, 3.63) is 17.0 Å². The number of hydrogen-bond donors (Lipinski definition) is 2. The van der Waals surface area contributed by atoms with Crippen molar-refractivity contribution in [2.24, 2.45) is 5.92 Å². The van der Waals surface area contributed by atoms with Crippen molar-refractivity contribution < 1.29 is 19.5 Å². The minimum atomic E-state index is -1.04. The van der Waals surface area contributed by atoms with Crippen LogP contribution in [-0.4, -0.2) is 40.9 Å². The number of thiophene rings is 1. The maximum Gasteiger partial charge on any atom is 0.323 e. The maximum atomic E-state index is 12.1. The van der Waals surface area contributed by atoms with E-state index in [0.717, 1.165) is 12.8 Å². The molecule has 1 aliphatic carbocycles. The first-order chi connectivity index (χ1) is 9.51. The molecule has 0 radical (unpaired) electrons. The molecule has 0 aliphatic heterocycles. The van der Waals surface area contributed by atoms with Gasteiger partial charge in [0, 0.05) is 12.5 Å². The van der Waals surface area contributed by atoms with Crippen molar-refractivity contribution in [1.29, 1.82) is 0 Å². The summed E-state index contributed by atoms with van der Waals surface area (Å²) in [7, 11) is 0. The summed E-state index contributed by atoms with van der Waals surface area (Å²) in [5.41, 5.74) is 0. The van der Waals surface area contributed by atoms with Gasteiger partial charge in [-0.2, -0.15) is 0 Å². The Hall–Kier alpha value is -1.89. The van der Waals surface area contributed by atoms with Crippen LogP contribution < -0.4 is 5.32 Å². The van der Waals surface area contributed by atoms with E-state index in [1.807, 2.05) is 0 Å². The lowest BCUT2D eigenvalue weighted by Crippen LogP contribution is -2.34. The van der Waals surface area contributed by atoms with Gasteiger partial charge in [0.25, 0.3) is 5.91 Å². The van der Waals surface area contributed by atoms with Crippen molar-refractivity contribution >= 4 is 34.1 Å². The van der Waals surface area contributed by atoms with Gasteiger partial charge in [0.15, 0.2) is 0 Å². The van der Waals surface area contributed by atoms with Crippen LogP contribution in [0.4, 0.5) is 5.00 Å². The fraction of sp³-hybridized carbons (Fsp3) is 0.462. The second-order valence-corrected chi connectivity index (χ2v) is 5.72. The normalized spacial score (nSPS) is 13.8. The standard InChI is InChI=1S/C13H16N2O4S/c1-2-15(7-11(16)17)13(19)9-5-6-10(20-9)14-12(18)8-3-4-8/h5-6,8H,2-4,7H2,1H3,(H,14,18)(H,16,17). The first-order valence-electron chi connectivity index (χ1n) is 6.43. The summed E-state index contributed by atoms with van der Waals surface area (Å²) in [4.78, 5) is 36.1. The lowest BCUT2D eigenvalue weighted by atomic mass is 10.3. The molecule has 1 aromatic rings. The molecule has 1 aliphatic rings. The van der Waals surface area contributed by atoms with E-state index >= 15 is 0 Å². The number of carboxylic acid groups (broad SMARTS) is 1. The topological polar surface area (TPSA) is 86.7 Å². The SMILES string of the molecule is CCN(CC(=O)O)C(=O)c1ccc(NC(=O)C2CC2)s1. The number of carboxylic acids is 1. The summed E-state index contributed by atoms with van der Waals surface area (Å²) < 4.78 is 0. The highest BCUT2D eigenvalue weighted by Crippen LogP contribution is 2.31. The third-order valence-electron chi connectivity index (χ3n) is 3.01. The van der Waals surface area contributed by atoms with Crippen LogP contribution in [-0.2, 0) is 9.59 Å². The summed E-state index contributed by atoms with van der Waals surface area (Å²) in [6, 6.07) is 3.28. The van der Waals surface area contributed by atoms with Crippen LogP contribution in [0, 0.1) is 5.92 Å². The molecule has 20 heavy (non-hydrogen) atoms. The fourth-order valence-corrected chi connectivity index (χ4v) is 2.61. The van der Waals surface area contributed by atoms with Crippen LogP contribution in [0.2, 0.25) is 0 Å². The third kappa shape index (κ3) is 3.57. The van der Waals surface area contributed by atoms with Crippen molar-refractivity contribution in [2.45, 2.75) is 19.8 Å². The molecule has 0 aromatic carbocycles. The zero-order chi connectivity index (χ0) is 14.7. The molecule has 7 heteroatoms. The van der Waals surface area contributed by atoms with Crippen molar-refractivity contribution in [1.82, 2.24) is 4.90 Å². The van der Waals surface area contributed by atoms with E-state index in [1.165, 1.54) is 16.2 Å². The molecule has 6 nitrogen and oxygen atoms in total. The summed E-state index contributed by atoms with van der Waals surface area (Å²) in [5.74, 6) is -1.27. The van der Waals surface area contributed by atoms with Gasteiger partial charge in [-0.25, -0.2) is 0 Å². The van der Waals surface area contributed by atoms with Gasteiger partial charge in [-0.05, 0) is 31.9 Å². The highest BCUT2D eigenvalue weighted by Gasteiger charge is 2.30. The number of nitrogens with zero attached hydrogens (tertiary/aromatic N) is 1. The molecular formula is C13H16N2O4S. The monoisotopic (exact) mass is 296 g/mol. The van der Waals surface area contributed by atoms with E-state index in [2.05, 4.69) is 5.32 Å². The van der Waals surface area contributed by atoms with Crippen LogP contribution in [0.3, 0.4) is 0 Å². The average molecular weight is 296 g/mol. The van der Waals surface area contributed by atoms with Gasteiger partial charge < -0.3 is 15.3 Å². The van der Waals surface area contributed by atoms with E-state index in [4.69, 9.17) is 5.11 Å². The zero-order valence-electron chi connectivity index (χ0n) is 11.1. The Morgan fingerprint density at radius 2 is 2.10 bits per heavy atom. The molecule has 0 saturated heterocycles. The van der Waals surface area contributed by atoms with E-state index in [0.29, 0.717) is 16.4 Å². The lowest BCUT2D eigenvalue weighted by Gasteiger charge is -2.17. The minimum Gasteiger partial charge on any atom is -0.480 e. The number of amides is 2. The van der Waals surface area contributed by atoms with Crippen molar-refractivity contribution in [3.63, 3.8) is 0 Å². The summed E-state index contributed by atoms with van der Waals surface area (Å²) in [5, 5.41) is 12.1. The number of carbonyl (C=O) groups is 3. The quantitative estimate of drug-likeness (QED) is 0.835. The molecule has 2 N–H and O–H groups in total. The Labute approximate surface area is 120 Å². The van der Waals surface area contributed by atoms with Gasteiger partial charge in [-0.15, -0.1) is 11.3 Å². The molecule has 0 atom stereocenters. The predicted molar refractivity (Wildman–Crippen MR) is 74.9 cm³/mol. The van der Waals surface area contributed by atoms with Crippen LogP contribution >= 0.6 is 11.3 Å². The highest BCUT2D eigenvalue weighted by molar-refractivity contribution is 7.18. The fourth-order valence-electron chi connectivity index (χ4n) is 1.74. The summed E-state index contributed by atoms with van der Waals surface area (Å²) in [6.45, 7) is 1.73. The van der Waals surface area contributed by atoms with Crippen molar-refractivity contribution in [3.8, 4) is 0 Å². The van der Waals surface area contributed by atoms with E-state index < -0.39 is 5.97 Å². The van der Waals surface area contributed by atoms with Gasteiger partial charge in [0.2, 0.25) is 5.91 Å². The van der Waals surface area contributed by atoms with Gasteiger partial charge >= 0.3 is 5.97 Å². The number of hydrogen-bond acceptors (Lipinski definition) is 4. The van der Waals surface area contributed by atoms with Gasteiger partial charge in [0.05, 0.1) is 9.88 Å². The Morgan fingerprint density at radius 1 is 1.40 bits per heavy atom. The predicted octanol–water partition coefficient (Wildman–Crippen LogP) is 1.64. The van der Waals surface area contributed by atoms with E-state index in [9.17, 15) is 14.4 Å². The molecular weight excluding hydrogens is 280 g/mol. The van der Waals surface area contributed by atoms with Crippen LogP contribution in [0.15, 0.2) is 12.1 Å². The molecule has 0 bridgehead atoms. The van der Waals surface area contributed by atoms with Gasteiger partial charge in [-0.1, -0.05) is 0 Å². The number of carbonyl (C=O) groups excluding carboxylic acids is 2. The van der Waals surface area contributed by atoms with Crippen molar-refractivity contribution in [2.75, 3.05) is 18.4 Å². The minimum absolute atomic E-state index is 0.0104. The van der Waals surface area contributed by atoms with Crippen LogP contribution in [0.1, 0.15) is 29.4 Å². The van der Waals surface area contributed by atoms with Gasteiger partial charge in [0.1, 0.15) is 6.54 Å². The van der Waals surface area contributed by atoms with Crippen LogP contribution in [0.25, 0.3) is 0 Å². The van der Waals surface area contributed by atoms with E-state index in [-0.39, 0.29) is 24.3 Å². The summed E-state index contributed by atoms with van der Waals surface area (Å²) >= 11 is 1.17. The van der Waals surface area contributed by atoms with E-state index in [1.54, 1.807) is 19.1 Å². The molecule has 108 valence electrons. The number of rotatable bonds is 6. The molecule has 0 unspecified atom stereocenters. The Bertz CT molecular complexity index is 536. The second-order valence-electron chi connectivity index (χ2n) is 4.64.